The highest BCUT2D eigenvalue weighted by atomic mass is 14.8. The SMILES string of the molecule is c1ccc2c(-c3ccc(-c4ccc(-c5nc6ccccc6c6ccccc56)nc4)cc3)cccc2c1. The van der Waals surface area contributed by atoms with Gasteiger partial charge >= 0.3 is 0 Å². The number of fused-ring (bicyclic) bond motifs is 4. The van der Waals surface area contributed by atoms with Gasteiger partial charge in [-0.3, -0.25) is 4.98 Å². The highest BCUT2D eigenvalue weighted by Crippen LogP contribution is 2.33. The summed E-state index contributed by atoms with van der Waals surface area (Å²) < 4.78 is 0. The Morgan fingerprint density at radius 2 is 1.06 bits per heavy atom. The van der Waals surface area contributed by atoms with E-state index in [4.69, 9.17) is 9.97 Å². The third-order valence-corrected chi connectivity index (χ3v) is 6.93. The number of nitrogens with zero attached hydrogens (tertiary/aromatic N) is 2. The van der Waals surface area contributed by atoms with E-state index in [9.17, 15) is 0 Å². The van der Waals surface area contributed by atoms with Crippen LogP contribution in [-0.4, -0.2) is 9.97 Å². The average Bonchev–Trinajstić information content (AvgIpc) is 2.97. The Morgan fingerprint density at radius 1 is 0.417 bits per heavy atom. The minimum atomic E-state index is 0.882. The first-order valence-corrected chi connectivity index (χ1v) is 12.2. The number of hydrogen-bond donors (Lipinski definition) is 0. The molecule has 0 spiro atoms. The maximum absolute atomic E-state index is 4.98. The van der Waals surface area contributed by atoms with Gasteiger partial charge in [0.25, 0.3) is 0 Å². The molecule has 0 amide bonds. The lowest BCUT2D eigenvalue weighted by atomic mass is 9.96. The summed E-state index contributed by atoms with van der Waals surface area (Å²) in [4.78, 5) is 9.82. The molecular weight excluding hydrogens is 436 g/mol. The standard InChI is InChI=1S/C34H22N2/c1-2-10-27-24(8-1)9-7-14-28(27)25-18-16-23(17-19-25)26-20-21-33(35-22-26)34-31-13-4-3-11-29(31)30-12-5-6-15-32(30)36-34/h1-22H. The first-order valence-electron chi connectivity index (χ1n) is 12.2. The van der Waals surface area contributed by atoms with Gasteiger partial charge in [0.15, 0.2) is 0 Å². The average molecular weight is 459 g/mol. The Morgan fingerprint density at radius 3 is 1.86 bits per heavy atom. The molecule has 0 saturated carbocycles. The van der Waals surface area contributed by atoms with Crippen molar-refractivity contribution in [3.8, 4) is 33.6 Å². The molecule has 2 heteroatoms. The van der Waals surface area contributed by atoms with Gasteiger partial charge in [0.2, 0.25) is 0 Å². The van der Waals surface area contributed by atoms with Gasteiger partial charge in [-0.2, -0.15) is 0 Å². The van der Waals surface area contributed by atoms with Crippen LogP contribution in [0.2, 0.25) is 0 Å². The summed E-state index contributed by atoms with van der Waals surface area (Å²) in [6.45, 7) is 0. The second-order valence-electron chi connectivity index (χ2n) is 9.06. The fourth-order valence-corrected chi connectivity index (χ4v) is 5.12. The summed E-state index contributed by atoms with van der Waals surface area (Å²) in [6.07, 6.45) is 1.95. The van der Waals surface area contributed by atoms with E-state index < -0.39 is 0 Å². The van der Waals surface area contributed by atoms with E-state index in [-0.39, 0.29) is 0 Å². The monoisotopic (exact) mass is 458 g/mol. The van der Waals surface area contributed by atoms with E-state index in [1.54, 1.807) is 0 Å². The Kier molecular flexibility index (Phi) is 4.82. The zero-order chi connectivity index (χ0) is 23.9. The molecule has 2 nitrogen and oxygen atoms in total. The smallest absolute Gasteiger partial charge is 0.0972 e. The summed E-state index contributed by atoms with van der Waals surface area (Å²) in [5, 5.41) is 6.02. The van der Waals surface area contributed by atoms with Crippen molar-refractivity contribution in [2.45, 2.75) is 0 Å². The van der Waals surface area contributed by atoms with E-state index >= 15 is 0 Å². The van der Waals surface area contributed by atoms with Crippen LogP contribution in [0.25, 0.3) is 66.1 Å². The van der Waals surface area contributed by atoms with Crippen molar-refractivity contribution < 1.29 is 0 Å². The van der Waals surface area contributed by atoms with E-state index in [1.807, 2.05) is 12.3 Å². The Hall–Kier alpha value is -4.82. The van der Waals surface area contributed by atoms with Crippen LogP contribution in [0.15, 0.2) is 134 Å². The molecule has 0 radical (unpaired) electrons. The molecule has 2 aromatic heterocycles. The molecule has 2 heterocycles. The third kappa shape index (κ3) is 3.43. The van der Waals surface area contributed by atoms with Gasteiger partial charge in [-0.1, -0.05) is 115 Å². The number of para-hydroxylation sites is 1. The van der Waals surface area contributed by atoms with Crippen molar-refractivity contribution in [2.75, 3.05) is 0 Å². The molecule has 0 aliphatic rings. The summed E-state index contributed by atoms with van der Waals surface area (Å²) in [5.74, 6) is 0. The van der Waals surface area contributed by atoms with Crippen LogP contribution in [0.3, 0.4) is 0 Å². The van der Waals surface area contributed by atoms with Crippen molar-refractivity contribution in [1.29, 1.82) is 0 Å². The zero-order valence-corrected chi connectivity index (χ0v) is 19.6. The van der Waals surface area contributed by atoms with Crippen LogP contribution in [-0.2, 0) is 0 Å². The molecule has 5 aromatic carbocycles. The van der Waals surface area contributed by atoms with Gasteiger partial charge in [-0.25, -0.2) is 4.98 Å². The molecule has 0 saturated heterocycles. The Labute approximate surface area is 209 Å². The van der Waals surface area contributed by atoms with Crippen molar-refractivity contribution in [2.24, 2.45) is 0 Å². The van der Waals surface area contributed by atoms with Crippen LogP contribution in [0, 0.1) is 0 Å². The van der Waals surface area contributed by atoms with Crippen LogP contribution >= 0.6 is 0 Å². The number of pyridine rings is 2. The molecule has 7 rings (SSSR count). The van der Waals surface area contributed by atoms with Crippen molar-refractivity contribution in [3.63, 3.8) is 0 Å². The molecule has 0 unspecified atom stereocenters. The van der Waals surface area contributed by atoms with Gasteiger partial charge < -0.3 is 0 Å². The first-order chi connectivity index (χ1) is 17.8. The van der Waals surface area contributed by atoms with Crippen molar-refractivity contribution in [1.82, 2.24) is 9.97 Å². The summed E-state index contributed by atoms with van der Waals surface area (Å²) in [7, 11) is 0. The largest absolute Gasteiger partial charge is 0.254 e. The molecule has 0 bridgehead atoms. The molecule has 0 fully saturated rings. The number of benzene rings is 5. The van der Waals surface area contributed by atoms with Crippen LogP contribution in [0.4, 0.5) is 0 Å². The van der Waals surface area contributed by atoms with Gasteiger partial charge in [0, 0.05) is 22.5 Å². The topological polar surface area (TPSA) is 25.8 Å². The molecule has 0 aliphatic carbocycles. The number of rotatable bonds is 3. The number of aromatic nitrogens is 2. The van der Waals surface area contributed by atoms with Crippen molar-refractivity contribution >= 4 is 32.4 Å². The maximum atomic E-state index is 4.98. The maximum Gasteiger partial charge on any atom is 0.0972 e. The van der Waals surface area contributed by atoms with Crippen LogP contribution in [0.5, 0.6) is 0 Å². The third-order valence-electron chi connectivity index (χ3n) is 6.93. The minimum Gasteiger partial charge on any atom is -0.254 e. The fourth-order valence-electron chi connectivity index (χ4n) is 5.12. The molecular formula is C34H22N2. The van der Waals surface area contributed by atoms with E-state index in [0.717, 1.165) is 33.4 Å². The van der Waals surface area contributed by atoms with Gasteiger partial charge in [-0.15, -0.1) is 0 Å². The highest BCUT2D eigenvalue weighted by molar-refractivity contribution is 6.10. The molecule has 0 N–H and O–H groups in total. The van der Waals surface area contributed by atoms with Gasteiger partial charge in [0.1, 0.15) is 0 Å². The van der Waals surface area contributed by atoms with Gasteiger partial charge in [0.05, 0.1) is 16.9 Å². The summed E-state index contributed by atoms with van der Waals surface area (Å²) >= 11 is 0. The first kappa shape index (κ1) is 20.5. The molecule has 0 atom stereocenters. The predicted molar refractivity (Wildman–Crippen MR) is 151 cm³/mol. The zero-order valence-electron chi connectivity index (χ0n) is 19.6. The molecule has 0 aliphatic heterocycles. The normalized spacial score (nSPS) is 11.3. The number of hydrogen-bond acceptors (Lipinski definition) is 2. The van der Waals surface area contributed by atoms with E-state index in [1.165, 1.54) is 32.7 Å². The predicted octanol–water partition coefficient (Wildman–Crippen LogP) is 8.94. The Balaban J connectivity index is 1.26. The summed E-state index contributed by atoms with van der Waals surface area (Å²) in [6, 6.07) is 44.7. The van der Waals surface area contributed by atoms with E-state index in [0.29, 0.717) is 0 Å². The van der Waals surface area contributed by atoms with E-state index in [2.05, 4.69) is 121 Å². The Bertz CT molecular complexity index is 1860. The highest BCUT2D eigenvalue weighted by Gasteiger charge is 2.11. The van der Waals surface area contributed by atoms with Gasteiger partial charge in [-0.05, 0) is 45.0 Å². The second kappa shape index (κ2) is 8.44. The minimum absolute atomic E-state index is 0.882. The lowest BCUT2D eigenvalue weighted by Crippen LogP contribution is -1.92. The lowest BCUT2D eigenvalue weighted by molar-refractivity contribution is 1.29. The van der Waals surface area contributed by atoms with Crippen LogP contribution < -0.4 is 0 Å². The van der Waals surface area contributed by atoms with Crippen LogP contribution in [0.1, 0.15) is 0 Å². The second-order valence-corrected chi connectivity index (χ2v) is 9.06. The molecule has 168 valence electrons. The molecule has 36 heavy (non-hydrogen) atoms. The fraction of sp³-hybridized carbons (Fsp3) is 0. The quantitative estimate of drug-likeness (QED) is 0.247. The molecule has 7 aromatic rings. The van der Waals surface area contributed by atoms with Crippen molar-refractivity contribution in [3.05, 3.63) is 134 Å². The lowest BCUT2D eigenvalue weighted by Gasteiger charge is -2.10. The summed E-state index contributed by atoms with van der Waals surface area (Å²) in [5.41, 5.74) is 7.49.